The standard InChI is InChI=1S/C16H27N3O3/c1-17-6-3-5-14(17)16(21)19-7-2-4-13(12-19)15(20)18-8-10-22-11-9-18/h13-14H,2-12H2,1H3. The summed E-state index contributed by atoms with van der Waals surface area (Å²) in [6.07, 6.45) is 3.88. The van der Waals surface area contributed by atoms with Crippen LogP contribution < -0.4 is 0 Å². The van der Waals surface area contributed by atoms with Gasteiger partial charge < -0.3 is 14.5 Å². The van der Waals surface area contributed by atoms with Crippen molar-refractivity contribution in [3.63, 3.8) is 0 Å². The number of nitrogens with zero attached hydrogens (tertiary/aromatic N) is 3. The van der Waals surface area contributed by atoms with E-state index in [0.29, 0.717) is 32.8 Å². The van der Waals surface area contributed by atoms with E-state index >= 15 is 0 Å². The summed E-state index contributed by atoms with van der Waals surface area (Å²) in [4.78, 5) is 31.3. The van der Waals surface area contributed by atoms with Crippen LogP contribution in [0.5, 0.6) is 0 Å². The molecule has 0 bridgehead atoms. The number of amides is 2. The third-order valence-corrected chi connectivity index (χ3v) is 5.21. The lowest BCUT2D eigenvalue weighted by atomic mass is 9.95. The normalized spacial score (nSPS) is 30.6. The van der Waals surface area contributed by atoms with E-state index in [1.807, 2.05) is 16.8 Å². The largest absolute Gasteiger partial charge is 0.378 e. The Morgan fingerprint density at radius 2 is 1.64 bits per heavy atom. The van der Waals surface area contributed by atoms with Crippen LogP contribution >= 0.6 is 0 Å². The smallest absolute Gasteiger partial charge is 0.239 e. The highest BCUT2D eigenvalue weighted by Crippen LogP contribution is 2.23. The van der Waals surface area contributed by atoms with Gasteiger partial charge >= 0.3 is 0 Å². The molecule has 124 valence electrons. The molecule has 22 heavy (non-hydrogen) atoms. The van der Waals surface area contributed by atoms with Gasteiger partial charge in [0.15, 0.2) is 0 Å². The molecule has 3 heterocycles. The zero-order chi connectivity index (χ0) is 15.5. The molecule has 0 N–H and O–H groups in total. The summed E-state index contributed by atoms with van der Waals surface area (Å²) in [6, 6.07) is 0.0252. The molecule has 3 rings (SSSR count). The van der Waals surface area contributed by atoms with Gasteiger partial charge in [-0.25, -0.2) is 0 Å². The van der Waals surface area contributed by atoms with E-state index in [2.05, 4.69) is 4.90 Å². The van der Waals surface area contributed by atoms with Crippen molar-refractivity contribution in [1.82, 2.24) is 14.7 Å². The van der Waals surface area contributed by atoms with Crippen LogP contribution in [-0.2, 0) is 14.3 Å². The number of hydrogen-bond acceptors (Lipinski definition) is 4. The van der Waals surface area contributed by atoms with E-state index in [4.69, 9.17) is 4.74 Å². The first-order chi connectivity index (χ1) is 10.7. The van der Waals surface area contributed by atoms with Gasteiger partial charge in [0.05, 0.1) is 25.2 Å². The first-order valence-electron chi connectivity index (χ1n) is 8.52. The van der Waals surface area contributed by atoms with E-state index in [0.717, 1.165) is 38.8 Å². The number of likely N-dealkylation sites (tertiary alicyclic amines) is 2. The van der Waals surface area contributed by atoms with Gasteiger partial charge in [-0.1, -0.05) is 0 Å². The SMILES string of the molecule is CN1CCCC1C(=O)N1CCCC(C(=O)N2CCOCC2)C1. The Hall–Kier alpha value is -1.14. The van der Waals surface area contributed by atoms with Crippen molar-refractivity contribution >= 4 is 11.8 Å². The second-order valence-electron chi connectivity index (χ2n) is 6.70. The fourth-order valence-corrected chi connectivity index (χ4v) is 3.85. The van der Waals surface area contributed by atoms with Crippen LogP contribution in [0.1, 0.15) is 25.7 Å². The van der Waals surface area contributed by atoms with Crippen molar-refractivity contribution in [2.24, 2.45) is 5.92 Å². The van der Waals surface area contributed by atoms with E-state index in [-0.39, 0.29) is 23.8 Å². The molecule has 2 amide bonds. The molecule has 6 nitrogen and oxygen atoms in total. The van der Waals surface area contributed by atoms with Crippen LogP contribution in [0.25, 0.3) is 0 Å². The highest BCUT2D eigenvalue weighted by Gasteiger charge is 2.36. The summed E-state index contributed by atoms with van der Waals surface area (Å²) >= 11 is 0. The maximum Gasteiger partial charge on any atom is 0.239 e. The Kier molecular flexibility index (Phi) is 4.98. The Bertz CT molecular complexity index is 423. The number of piperidine rings is 1. The minimum absolute atomic E-state index is 0.0252. The topological polar surface area (TPSA) is 53.1 Å². The fraction of sp³-hybridized carbons (Fsp3) is 0.875. The molecular weight excluding hydrogens is 282 g/mol. The van der Waals surface area contributed by atoms with Gasteiger partial charge in [-0.15, -0.1) is 0 Å². The van der Waals surface area contributed by atoms with Crippen LogP contribution in [0.4, 0.5) is 0 Å². The van der Waals surface area contributed by atoms with Crippen molar-refractivity contribution in [3.8, 4) is 0 Å². The summed E-state index contributed by atoms with van der Waals surface area (Å²) in [7, 11) is 2.02. The Morgan fingerprint density at radius 1 is 0.909 bits per heavy atom. The maximum absolute atomic E-state index is 12.7. The van der Waals surface area contributed by atoms with Gasteiger partial charge in [0, 0.05) is 26.2 Å². The molecule has 0 aliphatic carbocycles. The highest BCUT2D eigenvalue weighted by atomic mass is 16.5. The maximum atomic E-state index is 12.7. The predicted octanol–water partition coefficient (Wildman–Crippen LogP) is 0.178. The summed E-state index contributed by atoms with van der Waals surface area (Å²) in [5.41, 5.74) is 0. The van der Waals surface area contributed by atoms with Gasteiger partial charge in [-0.3, -0.25) is 14.5 Å². The van der Waals surface area contributed by atoms with Gasteiger partial charge in [0.1, 0.15) is 0 Å². The highest BCUT2D eigenvalue weighted by molar-refractivity contribution is 5.84. The fourth-order valence-electron chi connectivity index (χ4n) is 3.85. The zero-order valence-electron chi connectivity index (χ0n) is 13.5. The molecule has 2 unspecified atom stereocenters. The predicted molar refractivity (Wildman–Crippen MR) is 82.4 cm³/mol. The molecule has 3 aliphatic rings. The van der Waals surface area contributed by atoms with Crippen LogP contribution in [0.3, 0.4) is 0 Å². The van der Waals surface area contributed by atoms with Crippen LogP contribution in [0, 0.1) is 5.92 Å². The average Bonchev–Trinajstić information content (AvgIpc) is 3.00. The lowest BCUT2D eigenvalue weighted by molar-refractivity contribution is -0.145. The minimum atomic E-state index is -0.0255. The Balaban J connectivity index is 1.58. The number of carbonyl (C=O) groups excluding carboxylic acids is 2. The van der Waals surface area contributed by atoms with E-state index in [1.54, 1.807) is 0 Å². The van der Waals surface area contributed by atoms with Crippen LogP contribution in [0.2, 0.25) is 0 Å². The summed E-state index contributed by atoms with van der Waals surface area (Å²) in [5.74, 6) is 0.405. The van der Waals surface area contributed by atoms with Gasteiger partial charge in [-0.05, 0) is 39.3 Å². The molecule has 0 saturated carbocycles. The summed E-state index contributed by atoms with van der Waals surface area (Å²) < 4.78 is 5.31. The Labute approximate surface area is 132 Å². The molecule has 3 saturated heterocycles. The monoisotopic (exact) mass is 309 g/mol. The second kappa shape index (κ2) is 6.96. The first-order valence-corrected chi connectivity index (χ1v) is 8.52. The van der Waals surface area contributed by atoms with Crippen molar-refractivity contribution in [1.29, 1.82) is 0 Å². The molecule has 3 fully saturated rings. The van der Waals surface area contributed by atoms with Crippen molar-refractivity contribution < 1.29 is 14.3 Å². The van der Waals surface area contributed by atoms with Gasteiger partial charge in [0.25, 0.3) is 0 Å². The number of morpholine rings is 1. The first kappa shape index (κ1) is 15.7. The second-order valence-corrected chi connectivity index (χ2v) is 6.70. The minimum Gasteiger partial charge on any atom is -0.378 e. The van der Waals surface area contributed by atoms with Crippen LogP contribution in [0.15, 0.2) is 0 Å². The van der Waals surface area contributed by atoms with E-state index in [9.17, 15) is 9.59 Å². The lowest BCUT2D eigenvalue weighted by Gasteiger charge is -2.37. The lowest BCUT2D eigenvalue weighted by Crippen LogP contribution is -2.52. The molecule has 0 aromatic carbocycles. The molecule has 6 heteroatoms. The van der Waals surface area contributed by atoms with Gasteiger partial charge in [0.2, 0.25) is 11.8 Å². The molecule has 2 atom stereocenters. The number of likely N-dealkylation sites (N-methyl/N-ethyl adjacent to an activating group) is 1. The molecule has 0 aromatic rings. The van der Waals surface area contributed by atoms with Crippen molar-refractivity contribution in [2.75, 3.05) is 53.0 Å². The van der Waals surface area contributed by atoms with Crippen LogP contribution in [-0.4, -0.2) is 85.5 Å². The zero-order valence-corrected chi connectivity index (χ0v) is 13.5. The molecule has 3 aliphatic heterocycles. The number of rotatable bonds is 2. The average molecular weight is 309 g/mol. The molecule has 0 spiro atoms. The summed E-state index contributed by atoms with van der Waals surface area (Å²) in [6.45, 7) is 5.04. The quantitative estimate of drug-likeness (QED) is 0.730. The number of carbonyl (C=O) groups is 2. The molecule has 0 radical (unpaired) electrons. The number of hydrogen-bond donors (Lipinski definition) is 0. The van der Waals surface area contributed by atoms with E-state index in [1.165, 1.54) is 0 Å². The van der Waals surface area contributed by atoms with E-state index < -0.39 is 0 Å². The Morgan fingerprint density at radius 3 is 2.32 bits per heavy atom. The molecule has 0 aromatic heterocycles. The number of ether oxygens (including phenoxy) is 1. The van der Waals surface area contributed by atoms with Crippen molar-refractivity contribution in [2.45, 2.75) is 31.7 Å². The third-order valence-electron chi connectivity index (χ3n) is 5.21. The van der Waals surface area contributed by atoms with Gasteiger partial charge in [-0.2, -0.15) is 0 Å². The summed E-state index contributed by atoms with van der Waals surface area (Å²) in [5, 5.41) is 0. The van der Waals surface area contributed by atoms with Crippen molar-refractivity contribution in [3.05, 3.63) is 0 Å². The molecular formula is C16H27N3O3. The third kappa shape index (κ3) is 3.27.